The third kappa shape index (κ3) is 2.33. The highest BCUT2D eigenvalue weighted by Crippen LogP contribution is 2.28. The minimum atomic E-state index is -2.86. The lowest BCUT2D eigenvalue weighted by atomic mass is 10.1. The van der Waals surface area contributed by atoms with Crippen LogP contribution in [-0.4, -0.2) is 54.9 Å². The molecule has 0 unspecified atom stereocenters. The molecule has 1 aromatic heterocycles. The van der Waals surface area contributed by atoms with Gasteiger partial charge >= 0.3 is 5.69 Å². The van der Waals surface area contributed by atoms with Crippen LogP contribution in [0.2, 0.25) is 0 Å². The molecule has 1 aromatic rings. The summed E-state index contributed by atoms with van der Waals surface area (Å²) in [7, 11) is 0. The van der Waals surface area contributed by atoms with E-state index in [-0.39, 0.29) is 0 Å². The first-order chi connectivity index (χ1) is 9.66. The van der Waals surface area contributed by atoms with E-state index in [0.29, 0.717) is 4.57 Å². The van der Waals surface area contributed by atoms with E-state index in [1.807, 2.05) is 0 Å². The topological polar surface area (TPSA) is 151 Å². The average Bonchev–Trinajstić information content (AvgIpc) is 2.65. The monoisotopic (exact) mass is 276 g/mol. The van der Waals surface area contributed by atoms with Gasteiger partial charge in [0.2, 0.25) is 0 Å². The first-order valence-corrected chi connectivity index (χ1v) is 5.40. The maximum absolute atomic E-state index is 11.8. The van der Waals surface area contributed by atoms with Crippen LogP contribution in [-0.2, 0) is 11.3 Å². The number of rotatable bonds is 3. The summed E-state index contributed by atoms with van der Waals surface area (Å²) in [5, 5.41) is 37.8. The summed E-state index contributed by atoms with van der Waals surface area (Å²) in [5.41, 5.74) is 3.92. The van der Waals surface area contributed by atoms with Crippen LogP contribution in [0, 0.1) is 0 Å². The van der Waals surface area contributed by atoms with Crippen molar-refractivity contribution in [2.45, 2.75) is 31.1 Å². The van der Waals surface area contributed by atoms with E-state index in [9.17, 15) is 20.1 Å². The van der Waals surface area contributed by atoms with Gasteiger partial charge in [-0.3, -0.25) is 4.57 Å². The van der Waals surface area contributed by atoms with Crippen molar-refractivity contribution >= 4 is 5.82 Å². The smallest absolute Gasteiger partial charge is 0.351 e. The summed E-state index contributed by atoms with van der Waals surface area (Å²) in [4.78, 5) is 15.1. The third-order valence-electron chi connectivity index (χ3n) is 2.89. The molecule has 106 valence electrons. The number of aromatic nitrogens is 2. The molecule has 9 nitrogen and oxygen atoms in total. The van der Waals surface area contributed by atoms with Crippen molar-refractivity contribution in [3.05, 3.63) is 22.2 Å². The fourth-order valence-corrected chi connectivity index (χ4v) is 1.86. The highest BCUT2D eigenvalue weighted by atomic mass is 16.6. The van der Waals surface area contributed by atoms with E-state index in [1.165, 1.54) is 0 Å². The Balaban J connectivity index is 2.48. The molecule has 1 fully saturated rings. The number of hydrogen-bond donors (Lipinski definition) is 5. The van der Waals surface area contributed by atoms with E-state index in [0.717, 1.165) is 6.20 Å². The SMILES string of the molecule is [2H][13C]([2H])(O)c1cn([C@@H]2O[C@H](CO)[C@@H](O)[C@H]2O)c(=O)nc1N. The number of nitrogens with zero attached hydrogens (tertiary/aromatic N) is 2. The summed E-state index contributed by atoms with van der Waals surface area (Å²) in [6.45, 7) is -3.44. The van der Waals surface area contributed by atoms with Crippen LogP contribution in [0.1, 0.15) is 14.5 Å². The Kier molecular flexibility index (Phi) is 3.12. The van der Waals surface area contributed by atoms with Crippen molar-refractivity contribution < 1.29 is 27.9 Å². The van der Waals surface area contributed by atoms with Crippen LogP contribution in [0.3, 0.4) is 0 Å². The third-order valence-corrected chi connectivity index (χ3v) is 2.89. The molecule has 0 saturated carbocycles. The van der Waals surface area contributed by atoms with E-state index in [1.54, 1.807) is 0 Å². The molecule has 1 aliphatic heterocycles. The van der Waals surface area contributed by atoms with Gasteiger partial charge in [-0.25, -0.2) is 4.79 Å². The molecule has 1 saturated heterocycles. The minimum absolute atomic E-state index is 0.486. The van der Waals surface area contributed by atoms with E-state index >= 15 is 0 Å². The van der Waals surface area contributed by atoms with E-state index < -0.39 is 54.8 Å². The van der Waals surface area contributed by atoms with Gasteiger partial charge < -0.3 is 30.9 Å². The molecule has 0 aromatic carbocycles. The van der Waals surface area contributed by atoms with Crippen LogP contribution in [0.4, 0.5) is 5.82 Å². The van der Waals surface area contributed by atoms with Gasteiger partial charge in [0.25, 0.3) is 0 Å². The van der Waals surface area contributed by atoms with Crippen molar-refractivity contribution in [3.63, 3.8) is 0 Å². The Labute approximate surface area is 110 Å². The van der Waals surface area contributed by atoms with Crippen molar-refractivity contribution in [2.24, 2.45) is 0 Å². The zero-order chi connectivity index (χ0) is 15.9. The highest BCUT2D eigenvalue weighted by Gasteiger charge is 2.43. The molecule has 0 aliphatic carbocycles. The number of anilines is 1. The van der Waals surface area contributed by atoms with Crippen molar-refractivity contribution in [2.75, 3.05) is 12.3 Å². The number of aliphatic hydroxyl groups excluding tert-OH is 3. The van der Waals surface area contributed by atoms with Gasteiger partial charge in [-0.15, -0.1) is 0 Å². The Morgan fingerprint density at radius 3 is 2.68 bits per heavy atom. The molecular weight excluding hydrogens is 259 g/mol. The summed E-state index contributed by atoms with van der Waals surface area (Å²) in [5.74, 6) is -0.504. The van der Waals surface area contributed by atoms with Crippen molar-refractivity contribution in [3.8, 4) is 0 Å². The molecule has 19 heavy (non-hydrogen) atoms. The summed E-state index contributed by atoms with van der Waals surface area (Å²) in [6.07, 6.45) is -4.62. The molecule has 2 heterocycles. The highest BCUT2D eigenvalue weighted by molar-refractivity contribution is 5.36. The molecule has 2 rings (SSSR count). The van der Waals surface area contributed by atoms with Gasteiger partial charge in [0.1, 0.15) is 24.1 Å². The predicted octanol–water partition coefficient (Wildman–Crippen LogP) is -3.07. The number of ether oxygens (including phenoxy) is 1. The molecule has 9 heteroatoms. The second-order valence-electron chi connectivity index (χ2n) is 4.07. The quantitative estimate of drug-likeness (QED) is 0.365. The number of aliphatic hydroxyl groups is 4. The Morgan fingerprint density at radius 2 is 2.16 bits per heavy atom. The van der Waals surface area contributed by atoms with Crippen molar-refractivity contribution in [1.29, 1.82) is 0 Å². The standard InChI is InChI=1S/C10H15N3O6/c11-8-4(2-14)1-13(10(18)12-8)9-7(17)6(16)5(3-15)19-9/h1,5-7,9,14-17H,2-3H2,(H2,11,12,18)/t5-,6-,7-,9-/m1/s1/i2+1D2. The molecule has 0 spiro atoms. The van der Waals surface area contributed by atoms with Crippen molar-refractivity contribution in [1.82, 2.24) is 9.55 Å². The number of nitrogens with two attached hydrogens (primary N) is 1. The summed E-state index contributed by atoms with van der Waals surface area (Å²) in [6, 6.07) is 0. The lowest BCUT2D eigenvalue weighted by molar-refractivity contribution is -0.0551. The van der Waals surface area contributed by atoms with Gasteiger partial charge in [-0.05, 0) is 0 Å². The normalized spacial score (nSPS) is 33.1. The molecule has 0 radical (unpaired) electrons. The lowest BCUT2D eigenvalue weighted by Crippen LogP contribution is -2.36. The van der Waals surface area contributed by atoms with Crippen LogP contribution >= 0.6 is 0 Å². The summed E-state index contributed by atoms with van der Waals surface area (Å²) >= 11 is 0. The molecule has 0 amide bonds. The Bertz CT molecular complexity index is 589. The zero-order valence-corrected chi connectivity index (χ0v) is 9.67. The summed E-state index contributed by atoms with van der Waals surface area (Å²) < 4.78 is 20.3. The fourth-order valence-electron chi connectivity index (χ4n) is 1.86. The predicted molar refractivity (Wildman–Crippen MR) is 61.8 cm³/mol. The van der Waals surface area contributed by atoms with Gasteiger partial charge in [0.05, 0.1) is 15.9 Å². The molecule has 4 atom stereocenters. The minimum Gasteiger partial charge on any atom is -0.394 e. The molecule has 1 aliphatic rings. The van der Waals surface area contributed by atoms with Crippen LogP contribution in [0.25, 0.3) is 0 Å². The Hall–Kier alpha value is -1.52. The van der Waals surface area contributed by atoms with Crippen LogP contribution in [0.5, 0.6) is 0 Å². The Morgan fingerprint density at radius 1 is 1.47 bits per heavy atom. The second-order valence-corrected chi connectivity index (χ2v) is 4.07. The molecule has 6 N–H and O–H groups in total. The fraction of sp³-hybridized carbons (Fsp3) is 0.600. The number of nitrogen functional groups attached to an aromatic ring is 1. The van der Waals surface area contributed by atoms with E-state index in [4.69, 9.17) is 18.3 Å². The van der Waals surface area contributed by atoms with E-state index in [2.05, 4.69) is 4.98 Å². The molecular formula is C10H15N3O6. The second kappa shape index (κ2) is 5.23. The van der Waals surface area contributed by atoms with Gasteiger partial charge in [-0.2, -0.15) is 4.98 Å². The lowest BCUT2D eigenvalue weighted by Gasteiger charge is -2.18. The van der Waals surface area contributed by atoms with Crippen LogP contribution in [0.15, 0.2) is 11.0 Å². The van der Waals surface area contributed by atoms with Gasteiger partial charge in [0, 0.05) is 11.8 Å². The zero-order valence-electron chi connectivity index (χ0n) is 11.7. The van der Waals surface area contributed by atoms with Gasteiger partial charge in [-0.1, -0.05) is 0 Å². The maximum atomic E-state index is 11.8. The first-order valence-electron chi connectivity index (χ1n) is 6.40. The maximum Gasteiger partial charge on any atom is 0.351 e. The number of hydrogen-bond acceptors (Lipinski definition) is 8. The average molecular weight is 276 g/mol. The van der Waals surface area contributed by atoms with Gasteiger partial charge in [0.15, 0.2) is 6.23 Å². The molecule has 0 bridgehead atoms. The largest absolute Gasteiger partial charge is 0.394 e. The van der Waals surface area contributed by atoms with Crippen LogP contribution < -0.4 is 11.4 Å². The first kappa shape index (κ1) is 11.3.